The number of ether oxygens (including phenoxy) is 2. The Hall–Kier alpha value is -3.16. The standard InChI is InChI=1S/C23H17NO9S2.ClH/c1-23(24)22(29)30-8-14-12-4-2-10(25)6-16(12)32-20(27)18(14)34-35-19-15(9-31-23)13-5-3-11(26)7-17(13)33-21(19)28;/h2-7,25-26H,8-9,24H2,1H3;1H. The van der Waals surface area contributed by atoms with Crippen LogP contribution in [0.15, 0.2) is 64.6 Å². The van der Waals surface area contributed by atoms with Gasteiger partial charge in [-0.05, 0) is 52.8 Å². The fourth-order valence-corrected chi connectivity index (χ4v) is 6.01. The van der Waals surface area contributed by atoms with E-state index in [1.807, 2.05) is 0 Å². The van der Waals surface area contributed by atoms with Crippen LogP contribution in [0, 0.1) is 0 Å². The normalized spacial score (nSPS) is 18.3. The summed E-state index contributed by atoms with van der Waals surface area (Å²) in [5.74, 6) is -1.11. The van der Waals surface area contributed by atoms with Gasteiger partial charge in [-0.2, -0.15) is 0 Å². The minimum atomic E-state index is -1.89. The molecule has 4 aromatic rings. The molecule has 0 saturated heterocycles. The molecule has 0 amide bonds. The van der Waals surface area contributed by atoms with Gasteiger partial charge in [0.15, 0.2) is 0 Å². The Morgan fingerprint density at radius 2 is 1.31 bits per heavy atom. The molecule has 1 unspecified atom stereocenters. The van der Waals surface area contributed by atoms with E-state index in [-0.39, 0.29) is 58.1 Å². The van der Waals surface area contributed by atoms with E-state index in [4.69, 9.17) is 24.0 Å². The van der Waals surface area contributed by atoms with Crippen molar-refractivity contribution in [3.05, 3.63) is 68.4 Å². The molecule has 188 valence electrons. The van der Waals surface area contributed by atoms with Crippen molar-refractivity contribution in [1.82, 2.24) is 0 Å². The lowest BCUT2D eigenvalue weighted by Gasteiger charge is -2.25. The summed E-state index contributed by atoms with van der Waals surface area (Å²) in [6.45, 7) is 0.734. The van der Waals surface area contributed by atoms with Gasteiger partial charge in [-0.1, -0.05) is 0 Å². The number of phenolic OH excluding ortho intramolecular Hbond substituents is 2. The van der Waals surface area contributed by atoms with Crippen LogP contribution < -0.4 is 17.0 Å². The SMILES string of the molecule is CC1(N)OCc2c(c(=O)oc3cc(O)ccc23)SSc2c(c3ccc(O)cc3oc2=O)COC1=O.Cl. The Bertz CT molecular complexity index is 1630. The summed E-state index contributed by atoms with van der Waals surface area (Å²) < 4.78 is 21.8. The van der Waals surface area contributed by atoms with E-state index >= 15 is 0 Å². The van der Waals surface area contributed by atoms with Gasteiger partial charge >= 0.3 is 17.2 Å². The van der Waals surface area contributed by atoms with Gasteiger partial charge in [0.25, 0.3) is 0 Å². The largest absolute Gasteiger partial charge is 0.508 e. The Morgan fingerprint density at radius 1 is 0.833 bits per heavy atom. The predicted molar refractivity (Wildman–Crippen MR) is 134 cm³/mol. The van der Waals surface area contributed by atoms with Crippen LogP contribution in [0.5, 0.6) is 11.5 Å². The average molecular weight is 552 g/mol. The third-order valence-corrected chi connectivity index (χ3v) is 7.88. The highest BCUT2D eigenvalue weighted by Crippen LogP contribution is 2.42. The molecule has 3 heterocycles. The van der Waals surface area contributed by atoms with Crippen molar-refractivity contribution in [2.75, 3.05) is 0 Å². The van der Waals surface area contributed by atoms with Crippen LogP contribution in [-0.4, -0.2) is 21.9 Å². The number of halogens is 1. The zero-order valence-corrected chi connectivity index (χ0v) is 20.9. The number of fused-ring (bicyclic) bond motifs is 6. The van der Waals surface area contributed by atoms with Gasteiger partial charge in [0.1, 0.15) is 39.1 Å². The first-order valence-corrected chi connectivity index (χ1v) is 12.3. The molecule has 0 saturated carbocycles. The van der Waals surface area contributed by atoms with Gasteiger partial charge in [-0.15, -0.1) is 12.4 Å². The van der Waals surface area contributed by atoms with Crippen LogP contribution in [0.25, 0.3) is 21.9 Å². The highest BCUT2D eigenvalue weighted by molar-refractivity contribution is 8.76. The van der Waals surface area contributed by atoms with Crippen molar-refractivity contribution in [2.24, 2.45) is 5.73 Å². The third-order valence-electron chi connectivity index (χ3n) is 5.38. The predicted octanol–water partition coefficient (Wildman–Crippen LogP) is 3.78. The fourth-order valence-electron chi connectivity index (χ4n) is 3.57. The molecular weight excluding hydrogens is 534 g/mol. The summed E-state index contributed by atoms with van der Waals surface area (Å²) >= 11 is 0. The van der Waals surface area contributed by atoms with Gasteiger partial charge in [-0.3, -0.25) is 5.73 Å². The lowest BCUT2D eigenvalue weighted by molar-refractivity contribution is -0.173. The number of hydrogen-bond donors (Lipinski definition) is 3. The molecule has 1 aliphatic rings. The number of rotatable bonds is 0. The summed E-state index contributed by atoms with van der Waals surface area (Å²) in [5.41, 5.74) is 3.61. The van der Waals surface area contributed by atoms with Gasteiger partial charge in [-0.25, -0.2) is 14.4 Å². The maximum absolute atomic E-state index is 12.9. The van der Waals surface area contributed by atoms with E-state index in [0.717, 1.165) is 21.6 Å². The van der Waals surface area contributed by atoms with Crippen molar-refractivity contribution in [1.29, 1.82) is 0 Å². The zero-order valence-electron chi connectivity index (χ0n) is 18.4. The number of cyclic esters (lactones) is 1. The molecule has 36 heavy (non-hydrogen) atoms. The van der Waals surface area contributed by atoms with Gasteiger partial charge < -0.3 is 28.5 Å². The average Bonchev–Trinajstić information content (AvgIpc) is 2.79. The van der Waals surface area contributed by atoms with Crippen molar-refractivity contribution in [3.8, 4) is 11.5 Å². The van der Waals surface area contributed by atoms with Crippen LogP contribution in [0.1, 0.15) is 18.1 Å². The molecule has 0 bridgehead atoms. The first kappa shape index (κ1) is 25.9. The second-order valence-electron chi connectivity index (χ2n) is 7.89. The highest BCUT2D eigenvalue weighted by atomic mass is 35.5. The van der Waals surface area contributed by atoms with Gasteiger partial charge in [0, 0.05) is 34.0 Å². The van der Waals surface area contributed by atoms with Gasteiger partial charge in [0.2, 0.25) is 5.72 Å². The van der Waals surface area contributed by atoms with Gasteiger partial charge in [0.05, 0.1) is 6.61 Å². The highest BCUT2D eigenvalue weighted by Gasteiger charge is 2.34. The molecule has 13 heteroatoms. The van der Waals surface area contributed by atoms with Crippen LogP contribution in [0.4, 0.5) is 0 Å². The van der Waals surface area contributed by atoms with Crippen molar-refractivity contribution >= 4 is 61.9 Å². The quantitative estimate of drug-likeness (QED) is 0.165. The number of benzene rings is 2. The minimum absolute atomic E-state index is 0. The van der Waals surface area contributed by atoms with E-state index in [9.17, 15) is 24.6 Å². The molecule has 0 fully saturated rings. The summed E-state index contributed by atoms with van der Waals surface area (Å²) in [4.78, 5) is 38.7. The Kier molecular flexibility index (Phi) is 6.99. The summed E-state index contributed by atoms with van der Waals surface area (Å²) in [7, 11) is 1.89. The number of hydrogen-bond acceptors (Lipinski definition) is 12. The van der Waals surface area contributed by atoms with Crippen LogP contribution in [0.2, 0.25) is 0 Å². The van der Waals surface area contributed by atoms with Crippen LogP contribution in [0.3, 0.4) is 0 Å². The summed E-state index contributed by atoms with van der Waals surface area (Å²) in [6.07, 6.45) is 0. The molecule has 1 aliphatic heterocycles. The molecule has 0 radical (unpaired) electrons. The minimum Gasteiger partial charge on any atom is -0.508 e. The first-order valence-electron chi connectivity index (χ1n) is 10.2. The van der Waals surface area contributed by atoms with Crippen molar-refractivity contribution in [2.45, 2.75) is 35.7 Å². The number of aromatic hydroxyl groups is 2. The number of nitrogens with two attached hydrogens (primary N) is 1. The van der Waals surface area contributed by atoms with E-state index in [1.165, 1.54) is 37.3 Å². The number of carbonyl (C=O) groups is 1. The molecule has 2 aromatic heterocycles. The second kappa shape index (κ2) is 9.71. The van der Waals surface area contributed by atoms with Crippen molar-refractivity contribution < 1.29 is 33.3 Å². The molecule has 4 N–H and O–H groups in total. The van der Waals surface area contributed by atoms with E-state index in [2.05, 4.69) is 0 Å². The Morgan fingerprint density at radius 3 is 1.81 bits per heavy atom. The van der Waals surface area contributed by atoms with Crippen LogP contribution in [-0.2, 0) is 27.5 Å². The lowest BCUT2D eigenvalue weighted by atomic mass is 10.1. The topological polar surface area (TPSA) is 162 Å². The number of esters is 1. The first-order chi connectivity index (χ1) is 16.6. The van der Waals surface area contributed by atoms with E-state index in [0.29, 0.717) is 21.9 Å². The monoisotopic (exact) mass is 551 g/mol. The molecular formula is C23H18ClNO9S2. The maximum atomic E-state index is 12.9. The molecule has 0 spiro atoms. The van der Waals surface area contributed by atoms with Crippen LogP contribution >= 0.6 is 34.0 Å². The molecule has 5 rings (SSSR count). The lowest BCUT2D eigenvalue weighted by Crippen LogP contribution is -2.48. The fraction of sp³-hybridized carbons (Fsp3) is 0.174. The summed E-state index contributed by atoms with van der Waals surface area (Å²) in [5, 5.41) is 20.5. The van der Waals surface area contributed by atoms with E-state index in [1.54, 1.807) is 6.07 Å². The number of phenols is 2. The molecule has 2 aromatic carbocycles. The third kappa shape index (κ3) is 4.65. The Balaban J connectivity index is 0.00000304. The zero-order chi connectivity index (χ0) is 24.9. The second-order valence-corrected chi connectivity index (χ2v) is 10.0. The Labute approximate surface area is 216 Å². The van der Waals surface area contributed by atoms with E-state index < -0.39 is 22.9 Å². The molecule has 1 atom stereocenters. The summed E-state index contributed by atoms with van der Waals surface area (Å²) in [6, 6.07) is 8.44. The molecule has 0 aliphatic carbocycles. The number of carbonyl (C=O) groups excluding carboxylic acids is 1. The molecule has 10 nitrogen and oxygen atoms in total. The smallest absolute Gasteiger partial charge is 0.353 e. The maximum Gasteiger partial charge on any atom is 0.353 e. The van der Waals surface area contributed by atoms with Crippen molar-refractivity contribution in [3.63, 3.8) is 0 Å².